The van der Waals surface area contributed by atoms with Crippen molar-refractivity contribution in [3.05, 3.63) is 34.9 Å². The molecular weight excluding hydrogens is 292 g/mol. The zero-order valence-electron chi connectivity index (χ0n) is 14.2. The Balaban J connectivity index is 1.99. The number of amides is 2. The number of nitrogens with zero attached hydrogens (tertiary/aromatic N) is 1. The molecule has 2 amide bonds. The number of carbonyl (C=O) groups excluding carboxylic acids is 2. The number of piperidine rings is 1. The Labute approximate surface area is 138 Å². The molecule has 0 radical (unpaired) electrons. The summed E-state index contributed by atoms with van der Waals surface area (Å²) in [5.74, 6) is -0.0957. The molecule has 5 nitrogen and oxygen atoms in total. The van der Waals surface area contributed by atoms with Crippen molar-refractivity contribution >= 4 is 11.8 Å². The Kier molecular flexibility index (Phi) is 6.16. The first-order valence-electron chi connectivity index (χ1n) is 8.15. The van der Waals surface area contributed by atoms with Gasteiger partial charge in [0, 0.05) is 32.3 Å². The third-order valence-corrected chi connectivity index (χ3v) is 4.15. The highest BCUT2D eigenvalue weighted by molar-refractivity contribution is 5.95. The largest absolute Gasteiger partial charge is 0.383 e. The topological polar surface area (TPSA) is 58.6 Å². The van der Waals surface area contributed by atoms with Crippen molar-refractivity contribution in [1.29, 1.82) is 0 Å². The fourth-order valence-corrected chi connectivity index (χ4v) is 3.08. The average molecular weight is 318 g/mol. The highest BCUT2D eigenvalue weighted by atomic mass is 16.5. The molecule has 5 heteroatoms. The maximum absolute atomic E-state index is 12.7. The molecule has 1 heterocycles. The van der Waals surface area contributed by atoms with Crippen molar-refractivity contribution in [3.63, 3.8) is 0 Å². The number of hydrogen-bond acceptors (Lipinski definition) is 3. The Morgan fingerprint density at radius 1 is 1.26 bits per heavy atom. The summed E-state index contributed by atoms with van der Waals surface area (Å²) >= 11 is 0. The van der Waals surface area contributed by atoms with E-state index in [0.29, 0.717) is 31.8 Å². The van der Waals surface area contributed by atoms with Crippen LogP contribution in [0.25, 0.3) is 0 Å². The number of nitrogens with one attached hydrogen (secondary N) is 1. The quantitative estimate of drug-likeness (QED) is 0.844. The van der Waals surface area contributed by atoms with Gasteiger partial charge < -0.3 is 15.0 Å². The van der Waals surface area contributed by atoms with E-state index in [2.05, 4.69) is 11.4 Å². The minimum Gasteiger partial charge on any atom is -0.383 e. The van der Waals surface area contributed by atoms with Crippen molar-refractivity contribution in [2.24, 2.45) is 5.92 Å². The van der Waals surface area contributed by atoms with E-state index in [1.54, 1.807) is 12.0 Å². The van der Waals surface area contributed by atoms with Crippen molar-refractivity contribution < 1.29 is 14.3 Å². The lowest BCUT2D eigenvalue weighted by atomic mass is 9.96. The van der Waals surface area contributed by atoms with Crippen LogP contribution in [0.5, 0.6) is 0 Å². The summed E-state index contributed by atoms with van der Waals surface area (Å²) < 4.78 is 4.94. The van der Waals surface area contributed by atoms with Crippen LogP contribution in [0.2, 0.25) is 0 Å². The van der Waals surface area contributed by atoms with E-state index < -0.39 is 0 Å². The van der Waals surface area contributed by atoms with Crippen molar-refractivity contribution in [2.75, 3.05) is 33.4 Å². The fourth-order valence-electron chi connectivity index (χ4n) is 3.08. The molecule has 1 aliphatic rings. The Hall–Kier alpha value is -1.88. The van der Waals surface area contributed by atoms with E-state index in [0.717, 1.165) is 24.0 Å². The molecule has 23 heavy (non-hydrogen) atoms. The second-order valence-corrected chi connectivity index (χ2v) is 6.25. The number of likely N-dealkylation sites (tertiary alicyclic amines) is 1. The predicted octanol–water partition coefficient (Wildman–Crippen LogP) is 1.92. The Bertz CT molecular complexity index is 551. The molecule has 1 fully saturated rings. The van der Waals surface area contributed by atoms with Gasteiger partial charge in [-0.25, -0.2) is 0 Å². The van der Waals surface area contributed by atoms with E-state index in [1.165, 1.54) is 0 Å². The lowest BCUT2D eigenvalue weighted by Crippen LogP contribution is -2.46. The number of ether oxygens (including phenoxy) is 1. The third-order valence-electron chi connectivity index (χ3n) is 4.15. The van der Waals surface area contributed by atoms with E-state index in [9.17, 15) is 9.59 Å². The number of methoxy groups -OCH3 is 1. The molecule has 0 aliphatic carbocycles. The number of benzene rings is 1. The maximum Gasteiger partial charge on any atom is 0.253 e. The first kappa shape index (κ1) is 17.5. The highest BCUT2D eigenvalue weighted by Crippen LogP contribution is 2.20. The van der Waals surface area contributed by atoms with E-state index in [-0.39, 0.29) is 17.7 Å². The summed E-state index contributed by atoms with van der Waals surface area (Å²) in [6.07, 6.45) is 1.69. The smallest absolute Gasteiger partial charge is 0.253 e. The molecule has 0 spiro atoms. The van der Waals surface area contributed by atoms with Gasteiger partial charge in [-0.1, -0.05) is 17.2 Å². The van der Waals surface area contributed by atoms with Crippen LogP contribution in [0.4, 0.5) is 0 Å². The van der Waals surface area contributed by atoms with Gasteiger partial charge in [0.1, 0.15) is 0 Å². The normalized spacial score (nSPS) is 17.9. The second-order valence-electron chi connectivity index (χ2n) is 6.25. The fraction of sp³-hybridized carbons (Fsp3) is 0.556. The van der Waals surface area contributed by atoms with Gasteiger partial charge in [0.15, 0.2) is 0 Å². The minimum atomic E-state index is -0.129. The highest BCUT2D eigenvalue weighted by Gasteiger charge is 2.28. The molecule has 0 saturated carbocycles. The van der Waals surface area contributed by atoms with Crippen molar-refractivity contribution in [3.8, 4) is 0 Å². The van der Waals surface area contributed by atoms with Gasteiger partial charge in [-0.05, 0) is 38.8 Å². The molecule has 126 valence electrons. The summed E-state index contributed by atoms with van der Waals surface area (Å²) in [6, 6.07) is 5.88. The average Bonchev–Trinajstić information content (AvgIpc) is 2.53. The monoisotopic (exact) mass is 318 g/mol. The minimum absolute atomic E-state index is 0.0139. The number of hydrogen-bond donors (Lipinski definition) is 1. The lowest BCUT2D eigenvalue weighted by Gasteiger charge is -2.32. The molecule has 1 aromatic carbocycles. The van der Waals surface area contributed by atoms with Crippen molar-refractivity contribution in [2.45, 2.75) is 26.7 Å². The van der Waals surface area contributed by atoms with Crippen LogP contribution in [0, 0.1) is 19.8 Å². The van der Waals surface area contributed by atoms with Crippen LogP contribution in [-0.2, 0) is 9.53 Å². The van der Waals surface area contributed by atoms with Gasteiger partial charge >= 0.3 is 0 Å². The zero-order valence-corrected chi connectivity index (χ0v) is 14.2. The third kappa shape index (κ3) is 4.79. The van der Waals surface area contributed by atoms with Gasteiger partial charge in [-0.2, -0.15) is 0 Å². The number of rotatable bonds is 5. The van der Waals surface area contributed by atoms with Crippen LogP contribution < -0.4 is 5.32 Å². The Morgan fingerprint density at radius 2 is 1.96 bits per heavy atom. The number of carbonyl (C=O) groups is 2. The SMILES string of the molecule is COCCNC(=O)[C@@H]1CCCN(C(=O)c2cc(C)cc(C)c2)C1. The van der Waals surface area contributed by atoms with E-state index >= 15 is 0 Å². The first-order chi connectivity index (χ1) is 11.0. The van der Waals surface area contributed by atoms with E-state index in [4.69, 9.17) is 4.74 Å². The van der Waals surface area contributed by atoms with Crippen molar-refractivity contribution in [1.82, 2.24) is 10.2 Å². The Morgan fingerprint density at radius 3 is 2.61 bits per heavy atom. The van der Waals surface area contributed by atoms with Crippen LogP contribution in [0.1, 0.15) is 34.3 Å². The van der Waals surface area contributed by atoms with Crippen LogP contribution >= 0.6 is 0 Å². The molecule has 1 saturated heterocycles. The first-order valence-corrected chi connectivity index (χ1v) is 8.15. The van der Waals surface area contributed by atoms with E-state index in [1.807, 2.05) is 26.0 Å². The van der Waals surface area contributed by atoms with Gasteiger partial charge in [0.2, 0.25) is 5.91 Å². The second kappa shape index (κ2) is 8.11. The molecule has 2 rings (SSSR count). The van der Waals surface area contributed by atoms with Crippen LogP contribution in [0.15, 0.2) is 18.2 Å². The molecule has 1 aromatic rings. The van der Waals surface area contributed by atoms with Gasteiger partial charge in [-0.3, -0.25) is 9.59 Å². The molecule has 0 aromatic heterocycles. The summed E-state index contributed by atoms with van der Waals surface area (Å²) in [5, 5.41) is 2.87. The molecule has 1 atom stereocenters. The lowest BCUT2D eigenvalue weighted by molar-refractivity contribution is -0.126. The summed E-state index contributed by atoms with van der Waals surface area (Å²) in [6.45, 7) is 6.21. The van der Waals surface area contributed by atoms with Gasteiger partial charge in [-0.15, -0.1) is 0 Å². The van der Waals surface area contributed by atoms with Crippen LogP contribution in [0.3, 0.4) is 0 Å². The molecule has 0 unspecified atom stereocenters. The zero-order chi connectivity index (χ0) is 16.8. The van der Waals surface area contributed by atoms with Crippen LogP contribution in [-0.4, -0.2) is 50.1 Å². The maximum atomic E-state index is 12.7. The number of aryl methyl sites for hydroxylation is 2. The molecule has 1 N–H and O–H groups in total. The summed E-state index contributed by atoms with van der Waals surface area (Å²) in [4.78, 5) is 26.7. The van der Waals surface area contributed by atoms with Gasteiger partial charge in [0.25, 0.3) is 5.91 Å². The predicted molar refractivity (Wildman–Crippen MR) is 89.4 cm³/mol. The summed E-state index contributed by atoms with van der Waals surface area (Å²) in [7, 11) is 1.61. The molecule has 1 aliphatic heterocycles. The van der Waals surface area contributed by atoms with Gasteiger partial charge in [0.05, 0.1) is 12.5 Å². The standard InChI is InChI=1S/C18H26N2O3/c1-13-9-14(2)11-16(10-13)18(22)20-7-4-5-15(12-20)17(21)19-6-8-23-3/h9-11,15H,4-8,12H2,1-3H3,(H,19,21)/t15-/m1/s1. The molecular formula is C18H26N2O3. The summed E-state index contributed by atoms with van der Waals surface area (Å²) in [5.41, 5.74) is 2.88. The molecule has 0 bridgehead atoms.